The van der Waals surface area contributed by atoms with Gasteiger partial charge in [0.25, 0.3) is 0 Å². The number of nitrogens with two attached hydrogens (primary N) is 4. The molecule has 0 aromatic carbocycles. The van der Waals surface area contributed by atoms with Crippen LogP contribution >= 0.6 is 24.0 Å². The van der Waals surface area contributed by atoms with E-state index in [2.05, 4.69) is 0 Å². The van der Waals surface area contributed by atoms with E-state index < -0.39 is 0 Å². The number of hydrogen-bond donors (Lipinski definition) is 4. The van der Waals surface area contributed by atoms with E-state index >= 15 is 0 Å². The van der Waals surface area contributed by atoms with Crippen molar-refractivity contribution in [2.24, 2.45) is 22.9 Å². The van der Waals surface area contributed by atoms with Crippen LogP contribution in [0.2, 0.25) is 0 Å². The molecule has 0 aliphatic heterocycles. The van der Waals surface area contributed by atoms with E-state index in [1.165, 1.54) is 0 Å². The lowest BCUT2D eigenvalue weighted by Gasteiger charge is -1.89. The van der Waals surface area contributed by atoms with Crippen LogP contribution in [-0.2, 0) is 0 Å². The zero-order valence-corrected chi connectivity index (χ0v) is 6.05. The van der Waals surface area contributed by atoms with Crippen molar-refractivity contribution in [2.45, 2.75) is 0 Å². The van der Waals surface area contributed by atoms with Gasteiger partial charge in [-0.05, 0) is 0 Å². The predicted octanol–water partition coefficient (Wildman–Crippen LogP) is -1.43. The summed E-state index contributed by atoms with van der Waals surface area (Å²) in [5.41, 5.74) is 19.4. The zero-order chi connectivity index (χ0) is 5.15. The first kappa shape index (κ1) is 9.83. The van der Waals surface area contributed by atoms with Gasteiger partial charge < -0.3 is 22.9 Å². The van der Waals surface area contributed by atoms with E-state index in [1.807, 2.05) is 0 Å². The fourth-order valence-corrected chi connectivity index (χ4v) is 0. The van der Waals surface area contributed by atoms with Gasteiger partial charge in [-0.2, -0.15) is 0 Å². The average molecular weight is 216 g/mol. The highest BCUT2D eigenvalue weighted by atomic mass is 127. The number of hydrogen-bond acceptors (Lipinski definition) is 4. The van der Waals surface area contributed by atoms with E-state index in [9.17, 15) is 0 Å². The normalized spacial score (nSPS) is 6.29. The summed E-state index contributed by atoms with van der Waals surface area (Å²) in [6.45, 7) is 0. The van der Waals surface area contributed by atoms with Gasteiger partial charge in [-0.25, -0.2) is 0 Å². The summed E-state index contributed by atoms with van der Waals surface area (Å²) in [5.74, 6) is -0.0370. The third kappa shape index (κ3) is 5.67. The Kier molecular flexibility index (Phi) is 5.40. The first-order chi connectivity index (χ1) is 2.64. The van der Waals surface area contributed by atoms with Gasteiger partial charge in [0.15, 0.2) is 0 Å². The van der Waals surface area contributed by atoms with Gasteiger partial charge in [0, 0.05) is 0 Å². The van der Waals surface area contributed by atoms with Gasteiger partial charge in [-0.15, -0.1) is 24.0 Å². The molecule has 0 aromatic rings. The minimum Gasteiger partial charge on any atom is -0.383 e. The highest BCUT2D eigenvalue weighted by molar-refractivity contribution is 14.0. The topological polar surface area (TPSA) is 104 Å². The highest BCUT2D eigenvalue weighted by Gasteiger charge is 1.77. The Morgan fingerprint density at radius 2 is 0.857 bits per heavy atom. The third-order valence-electron chi connectivity index (χ3n) is 0.333. The Morgan fingerprint density at radius 3 is 0.857 bits per heavy atom. The molecule has 0 atom stereocenters. The van der Waals surface area contributed by atoms with Crippen molar-refractivity contribution < 1.29 is 0 Å². The Morgan fingerprint density at radius 1 is 0.714 bits per heavy atom. The SMILES string of the molecule is I.NC(N)=C(N)N. The summed E-state index contributed by atoms with van der Waals surface area (Å²) >= 11 is 0. The van der Waals surface area contributed by atoms with Crippen LogP contribution in [0, 0.1) is 0 Å². The van der Waals surface area contributed by atoms with Crippen molar-refractivity contribution in [2.75, 3.05) is 0 Å². The molecule has 0 heterocycles. The molecule has 0 bridgehead atoms. The fourth-order valence-electron chi connectivity index (χ4n) is 0. The molecule has 0 amide bonds. The standard InChI is InChI=1S/C2H8N4.HI/c3-1(4)2(5)6;/h3-6H2;1H. The van der Waals surface area contributed by atoms with Gasteiger partial charge in [-0.3, -0.25) is 0 Å². The minimum atomic E-state index is -0.0185. The molecule has 0 fully saturated rings. The summed E-state index contributed by atoms with van der Waals surface area (Å²) in [6.07, 6.45) is 0. The first-order valence-electron chi connectivity index (χ1n) is 1.40. The Balaban J connectivity index is 0. The van der Waals surface area contributed by atoms with E-state index in [1.54, 1.807) is 0 Å². The molecular formula is C2H9IN4. The van der Waals surface area contributed by atoms with Gasteiger partial charge in [0.2, 0.25) is 0 Å². The molecule has 0 spiro atoms. The molecule has 5 heteroatoms. The highest BCUT2D eigenvalue weighted by Crippen LogP contribution is 1.62. The minimum absolute atomic E-state index is 0. The number of halogens is 1. The van der Waals surface area contributed by atoms with E-state index in [0.29, 0.717) is 0 Å². The molecule has 0 aliphatic rings. The van der Waals surface area contributed by atoms with Crippen molar-refractivity contribution in [3.05, 3.63) is 11.6 Å². The molecule has 0 rings (SSSR count). The number of rotatable bonds is 0. The molecular weight excluding hydrogens is 207 g/mol. The Labute approximate surface area is 58.9 Å². The van der Waals surface area contributed by atoms with Crippen LogP contribution < -0.4 is 22.9 Å². The van der Waals surface area contributed by atoms with E-state index in [0.717, 1.165) is 0 Å². The maximum Gasteiger partial charge on any atom is 0.134 e. The fraction of sp³-hybridized carbons (Fsp3) is 0. The van der Waals surface area contributed by atoms with Crippen LogP contribution in [0.3, 0.4) is 0 Å². The molecule has 0 saturated carbocycles. The molecule has 0 saturated heterocycles. The van der Waals surface area contributed by atoms with Crippen molar-refractivity contribution in [1.82, 2.24) is 0 Å². The molecule has 0 aliphatic carbocycles. The zero-order valence-electron chi connectivity index (χ0n) is 3.72. The molecule has 7 heavy (non-hydrogen) atoms. The Bertz CT molecular complexity index is 59.8. The van der Waals surface area contributed by atoms with Crippen LogP contribution in [0.25, 0.3) is 0 Å². The largest absolute Gasteiger partial charge is 0.383 e. The molecule has 0 radical (unpaired) electrons. The molecule has 4 nitrogen and oxygen atoms in total. The van der Waals surface area contributed by atoms with Gasteiger partial charge >= 0.3 is 0 Å². The van der Waals surface area contributed by atoms with Crippen LogP contribution in [0.5, 0.6) is 0 Å². The van der Waals surface area contributed by atoms with Gasteiger partial charge in [0.1, 0.15) is 11.6 Å². The van der Waals surface area contributed by atoms with E-state index in [-0.39, 0.29) is 35.6 Å². The van der Waals surface area contributed by atoms with Crippen LogP contribution in [0.1, 0.15) is 0 Å². The maximum atomic E-state index is 4.84. The molecule has 8 N–H and O–H groups in total. The first-order valence-corrected chi connectivity index (χ1v) is 1.40. The van der Waals surface area contributed by atoms with Crippen LogP contribution in [-0.4, -0.2) is 0 Å². The van der Waals surface area contributed by atoms with Gasteiger partial charge in [0.05, 0.1) is 0 Å². The second-order valence-electron chi connectivity index (χ2n) is 0.911. The quantitative estimate of drug-likeness (QED) is 0.372. The van der Waals surface area contributed by atoms with Crippen molar-refractivity contribution >= 4 is 24.0 Å². The summed E-state index contributed by atoms with van der Waals surface area (Å²) in [5, 5.41) is 0. The average Bonchev–Trinajstić information content (AvgIpc) is 1.36. The molecule has 0 unspecified atom stereocenters. The second-order valence-corrected chi connectivity index (χ2v) is 0.911. The summed E-state index contributed by atoms with van der Waals surface area (Å²) < 4.78 is 0. The van der Waals surface area contributed by atoms with Crippen LogP contribution in [0.4, 0.5) is 0 Å². The smallest absolute Gasteiger partial charge is 0.134 e. The van der Waals surface area contributed by atoms with Crippen molar-refractivity contribution in [1.29, 1.82) is 0 Å². The lowest BCUT2D eigenvalue weighted by Crippen LogP contribution is -2.22. The lowest BCUT2D eigenvalue weighted by molar-refractivity contribution is 1.09. The second kappa shape index (κ2) is 3.85. The van der Waals surface area contributed by atoms with Gasteiger partial charge in [-0.1, -0.05) is 0 Å². The summed E-state index contributed by atoms with van der Waals surface area (Å²) in [6, 6.07) is 0. The van der Waals surface area contributed by atoms with Crippen molar-refractivity contribution in [3.8, 4) is 0 Å². The lowest BCUT2D eigenvalue weighted by atomic mass is 10.7. The van der Waals surface area contributed by atoms with E-state index in [4.69, 9.17) is 22.9 Å². The predicted molar refractivity (Wildman–Crippen MR) is 39.2 cm³/mol. The maximum absolute atomic E-state index is 4.84. The monoisotopic (exact) mass is 216 g/mol. The Hall–Kier alpha value is -0.330. The third-order valence-corrected chi connectivity index (χ3v) is 0.333. The molecule has 44 valence electrons. The molecule has 0 aromatic heterocycles. The summed E-state index contributed by atoms with van der Waals surface area (Å²) in [7, 11) is 0. The van der Waals surface area contributed by atoms with Crippen LogP contribution in [0.15, 0.2) is 11.6 Å². The summed E-state index contributed by atoms with van der Waals surface area (Å²) in [4.78, 5) is 0. The van der Waals surface area contributed by atoms with Crippen molar-refractivity contribution in [3.63, 3.8) is 0 Å².